The van der Waals surface area contributed by atoms with E-state index in [9.17, 15) is 13.2 Å². The van der Waals surface area contributed by atoms with Crippen LogP contribution in [0.2, 0.25) is 0 Å². The highest BCUT2D eigenvalue weighted by Crippen LogP contribution is 2.26. The molecule has 0 radical (unpaired) electrons. The van der Waals surface area contributed by atoms with Crippen LogP contribution in [-0.2, 0) is 14.8 Å². The predicted octanol–water partition coefficient (Wildman–Crippen LogP) is 2.35. The Kier molecular flexibility index (Phi) is 5.32. The molecule has 0 aliphatic rings. The maximum absolute atomic E-state index is 12.5. The van der Waals surface area contributed by atoms with E-state index in [2.05, 4.69) is 15.5 Å². The van der Waals surface area contributed by atoms with Crippen molar-refractivity contribution in [3.05, 3.63) is 30.3 Å². The third kappa shape index (κ3) is 4.26. The summed E-state index contributed by atoms with van der Waals surface area (Å²) in [5, 5.41) is 10.2. The molecule has 9 heteroatoms. The van der Waals surface area contributed by atoms with Gasteiger partial charge in [-0.05, 0) is 18.1 Å². The van der Waals surface area contributed by atoms with Crippen LogP contribution in [0.3, 0.4) is 0 Å². The van der Waals surface area contributed by atoms with E-state index in [1.165, 1.54) is 7.05 Å². The maximum Gasteiger partial charge on any atom is 0.293 e. The number of benzene rings is 1. The lowest BCUT2D eigenvalue weighted by Gasteiger charge is -2.16. The van der Waals surface area contributed by atoms with Gasteiger partial charge in [0.1, 0.15) is 0 Å². The standard InChI is InChI=1S/C14H18N4O3S2/c1-10(2)9-12(19)15-13-16-17-14(22-13)23(20,21)18(3)11-7-5-4-6-8-11/h4-8,10H,9H2,1-3H3,(H,15,16,19). The Morgan fingerprint density at radius 2 is 1.91 bits per heavy atom. The van der Waals surface area contributed by atoms with Crippen molar-refractivity contribution in [2.75, 3.05) is 16.7 Å². The van der Waals surface area contributed by atoms with Gasteiger partial charge in [0.05, 0.1) is 5.69 Å². The highest BCUT2D eigenvalue weighted by atomic mass is 32.2. The lowest BCUT2D eigenvalue weighted by molar-refractivity contribution is -0.116. The number of carbonyl (C=O) groups is 1. The minimum absolute atomic E-state index is 0.163. The number of sulfonamides is 1. The summed E-state index contributed by atoms with van der Waals surface area (Å²) >= 11 is 0.834. The molecule has 0 aliphatic carbocycles. The van der Waals surface area contributed by atoms with E-state index in [0.717, 1.165) is 15.6 Å². The molecule has 0 saturated carbocycles. The Hall–Kier alpha value is -2.00. The number of amides is 1. The number of aromatic nitrogens is 2. The van der Waals surface area contributed by atoms with Gasteiger partial charge in [0.15, 0.2) is 0 Å². The van der Waals surface area contributed by atoms with Gasteiger partial charge in [-0.3, -0.25) is 9.10 Å². The van der Waals surface area contributed by atoms with E-state index in [-0.39, 0.29) is 21.3 Å². The van der Waals surface area contributed by atoms with Crippen molar-refractivity contribution in [2.45, 2.75) is 24.6 Å². The summed E-state index contributed by atoms with van der Waals surface area (Å²) in [5.41, 5.74) is 0.521. The fourth-order valence-corrected chi connectivity index (χ4v) is 4.06. The molecule has 1 aromatic carbocycles. The van der Waals surface area contributed by atoms with Gasteiger partial charge in [0.25, 0.3) is 14.4 Å². The quantitative estimate of drug-likeness (QED) is 0.804. The molecule has 1 amide bonds. The molecule has 1 heterocycles. The minimum Gasteiger partial charge on any atom is -0.300 e. The second-order valence-corrected chi connectivity index (χ2v) is 8.45. The molecule has 0 spiro atoms. The minimum atomic E-state index is -3.80. The molecule has 7 nitrogen and oxygen atoms in total. The first-order valence-electron chi connectivity index (χ1n) is 6.98. The number of hydrogen-bond acceptors (Lipinski definition) is 6. The van der Waals surface area contributed by atoms with Crippen molar-refractivity contribution >= 4 is 38.1 Å². The Morgan fingerprint density at radius 1 is 1.26 bits per heavy atom. The molecular formula is C14H18N4O3S2. The van der Waals surface area contributed by atoms with E-state index < -0.39 is 10.0 Å². The van der Waals surface area contributed by atoms with Gasteiger partial charge in [-0.15, -0.1) is 10.2 Å². The Balaban J connectivity index is 2.17. The van der Waals surface area contributed by atoms with Crippen LogP contribution in [0.15, 0.2) is 34.7 Å². The summed E-state index contributed by atoms with van der Waals surface area (Å²) in [4.78, 5) is 11.7. The van der Waals surface area contributed by atoms with E-state index in [1.54, 1.807) is 30.3 Å². The molecule has 0 saturated heterocycles. The summed E-state index contributed by atoms with van der Waals surface area (Å²) in [6.45, 7) is 3.84. The number of rotatable bonds is 6. The second-order valence-electron chi connectivity index (χ2n) is 5.33. The van der Waals surface area contributed by atoms with Gasteiger partial charge >= 0.3 is 0 Å². The maximum atomic E-state index is 12.5. The third-order valence-electron chi connectivity index (χ3n) is 2.95. The molecule has 0 bridgehead atoms. The van der Waals surface area contributed by atoms with Gasteiger partial charge < -0.3 is 5.32 Å². The van der Waals surface area contributed by atoms with Crippen molar-refractivity contribution in [3.8, 4) is 0 Å². The average Bonchev–Trinajstić information content (AvgIpc) is 2.95. The van der Waals surface area contributed by atoms with Crippen LogP contribution in [0.1, 0.15) is 20.3 Å². The number of para-hydroxylation sites is 1. The number of hydrogen-bond donors (Lipinski definition) is 1. The Bertz CT molecular complexity index is 772. The first kappa shape index (κ1) is 17.4. The van der Waals surface area contributed by atoms with Gasteiger partial charge in [-0.2, -0.15) is 8.42 Å². The van der Waals surface area contributed by atoms with Crippen LogP contribution in [0, 0.1) is 5.92 Å². The summed E-state index contributed by atoms with van der Waals surface area (Å²) in [7, 11) is -2.36. The molecule has 0 atom stereocenters. The molecule has 1 aromatic heterocycles. The molecule has 0 fully saturated rings. The van der Waals surface area contributed by atoms with E-state index >= 15 is 0 Å². The molecule has 0 unspecified atom stereocenters. The highest BCUT2D eigenvalue weighted by Gasteiger charge is 2.26. The lowest BCUT2D eigenvalue weighted by Crippen LogP contribution is -2.26. The molecule has 124 valence electrons. The van der Waals surface area contributed by atoms with Crippen LogP contribution < -0.4 is 9.62 Å². The van der Waals surface area contributed by atoms with Gasteiger partial charge in [0, 0.05) is 13.5 Å². The van der Waals surface area contributed by atoms with Crippen molar-refractivity contribution in [2.24, 2.45) is 5.92 Å². The van der Waals surface area contributed by atoms with Crippen molar-refractivity contribution in [1.82, 2.24) is 10.2 Å². The SMILES string of the molecule is CC(C)CC(=O)Nc1nnc(S(=O)(=O)N(C)c2ccccc2)s1. The smallest absolute Gasteiger partial charge is 0.293 e. The summed E-state index contributed by atoms with van der Waals surface area (Å²) in [5.74, 6) is -0.00755. The monoisotopic (exact) mass is 354 g/mol. The Morgan fingerprint density at radius 3 is 2.52 bits per heavy atom. The van der Waals surface area contributed by atoms with Crippen LogP contribution in [0.5, 0.6) is 0 Å². The summed E-state index contributed by atoms with van der Waals surface area (Å²) in [6.07, 6.45) is 0.339. The first-order chi connectivity index (χ1) is 10.8. The molecule has 23 heavy (non-hydrogen) atoms. The summed E-state index contributed by atoms with van der Waals surface area (Å²) < 4.78 is 26.0. The van der Waals surface area contributed by atoms with E-state index in [0.29, 0.717) is 12.1 Å². The number of nitrogens with zero attached hydrogens (tertiary/aromatic N) is 3. The predicted molar refractivity (Wildman–Crippen MR) is 90.0 cm³/mol. The number of carbonyl (C=O) groups excluding carboxylic acids is 1. The van der Waals surface area contributed by atoms with Crippen LogP contribution >= 0.6 is 11.3 Å². The Labute approximate surface area is 139 Å². The van der Waals surface area contributed by atoms with Gasteiger partial charge in [0.2, 0.25) is 11.0 Å². The van der Waals surface area contributed by atoms with Gasteiger partial charge in [-0.1, -0.05) is 43.4 Å². The van der Waals surface area contributed by atoms with Crippen LogP contribution in [-0.4, -0.2) is 31.6 Å². The zero-order valence-electron chi connectivity index (χ0n) is 13.1. The molecule has 0 aliphatic heterocycles. The fourth-order valence-electron chi connectivity index (χ4n) is 1.80. The molecular weight excluding hydrogens is 336 g/mol. The zero-order valence-corrected chi connectivity index (χ0v) is 14.7. The van der Waals surface area contributed by atoms with Crippen molar-refractivity contribution in [1.29, 1.82) is 0 Å². The lowest BCUT2D eigenvalue weighted by atomic mass is 10.1. The van der Waals surface area contributed by atoms with E-state index in [4.69, 9.17) is 0 Å². The van der Waals surface area contributed by atoms with E-state index in [1.807, 2.05) is 13.8 Å². The molecule has 2 rings (SSSR count). The van der Waals surface area contributed by atoms with Crippen molar-refractivity contribution < 1.29 is 13.2 Å². The fraction of sp³-hybridized carbons (Fsp3) is 0.357. The molecule has 2 aromatic rings. The van der Waals surface area contributed by atoms with Crippen LogP contribution in [0.4, 0.5) is 10.8 Å². The number of nitrogens with one attached hydrogen (secondary N) is 1. The topological polar surface area (TPSA) is 92.3 Å². The average molecular weight is 354 g/mol. The normalized spacial score (nSPS) is 11.5. The third-order valence-corrected chi connectivity index (χ3v) is 5.92. The molecule has 1 N–H and O–H groups in total. The van der Waals surface area contributed by atoms with Crippen LogP contribution in [0.25, 0.3) is 0 Å². The summed E-state index contributed by atoms with van der Waals surface area (Å²) in [6, 6.07) is 8.67. The zero-order chi connectivity index (χ0) is 17.0. The largest absolute Gasteiger partial charge is 0.300 e. The second kappa shape index (κ2) is 7.05. The van der Waals surface area contributed by atoms with Gasteiger partial charge in [-0.25, -0.2) is 0 Å². The highest BCUT2D eigenvalue weighted by molar-refractivity contribution is 7.94. The number of anilines is 2. The first-order valence-corrected chi connectivity index (χ1v) is 9.23. The van der Waals surface area contributed by atoms with Crippen molar-refractivity contribution in [3.63, 3.8) is 0 Å².